The van der Waals surface area contributed by atoms with Gasteiger partial charge in [-0.2, -0.15) is 0 Å². The molecule has 0 saturated carbocycles. The van der Waals surface area contributed by atoms with Gasteiger partial charge in [0.15, 0.2) is 6.23 Å². The van der Waals surface area contributed by atoms with Crippen molar-refractivity contribution in [3.8, 4) is 0 Å². The Morgan fingerprint density at radius 2 is 2.24 bits per heavy atom. The topological polar surface area (TPSA) is 144 Å². The lowest BCUT2D eigenvalue weighted by Crippen LogP contribution is -2.33. The summed E-state index contributed by atoms with van der Waals surface area (Å²) in [5, 5.41) is 31.8. The molecule has 2 unspecified atom stereocenters. The highest BCUT2D eigenvalue weighted by Crippen LogP contribution is 2.28. The number of nitrogens with two attached hydrogens (primary N) is 1. The zero-order valence-corrected chi connectivity index (χ0v) is 8.67. The second-order valence-corrected chi connectivity index (χ2v) is 3.64. The molecule has 0 aliphatic carbocycles. The SMILES string of the molecule is NC(=O)c1ncn(C2OC(CO)[C@@H](O)[C@H]2O)n1. The highest BCUT2D eigenvalue weighted by atomic mass is 16.6. The lowest BCUT2D eigenvalue weighted by Gasteiger charge is -2.13. The van der Waals surface area contributed by atoms with E-state index in [1.165, 1.54) is 0 Å². The van der Waals surface area contributed by atoms with E-state index >= 15 is 0 Å². The molecule has 1 aromatic rings. The molecule has 1 saturated heterocycles. The van der Waals surface area contributed by atoms with Crippen molar-refractivity contribution in [3.05, 3.63) is 12.2 Å². The van der Waals surface area contributed by atoms with Crippen LogP contribution in [0.1, 0.15) is 16.8 Å². The molecule has 2 heterocycles. The minimum Gasteiger partial charge on any atom is -0.394 e. The molecule has 17 heavy (non-hydrogen) atoms. The lowest BCUT2D eigenvalue weighted by molar-refractivity contribution is -0.0588. The van der Waals surface area contributed by atoms with Crippen LogP contribution in [0.25, 0.3) is 0 Å². The zero-order valence-electron chi connectivity index (χ0n) is 8.67. The predicted molar refractivity (Wildman–Crippen MR) is 51.5 cm³/mol. The summed E-state index contributed by atoms with van der Waals surface area (Å²) in [4.78, 5) is 14.4. The first kappa shape index (κ1) is 11.9. The molecule has 0 spiro atoms. The first-order valence-electron chi connectivity index (χ1n) is 4.88. The van der Waals surface area contributed by atoms with E-state index < -0.39 is 37.1 Å². The van der Waals surface area contributed by atoms with Crippen molar-refractivity contribution in [1.29, 1.82) is 0 Å². The molecule has 94 valence electrons. The molecule has 0 bridgehead atoms. The average molecular weight is 244 g/mol. The zero-order chi connectivity index (χ0) is 12.6. The summed E-state index contributed by atoms with van der Waals surface area (Å²) in [6.07, 6.45) is -3.26. The number of aromatic nitrogens is 3. The fraction of sp³-hybridized carbons (Fsp3) is 0.625. The Morgan fingerprint density at radius 3 is 2.71 bits per heavy atom. The van der Waals surface area contributed by atoms with Crippen LogP contribution in [0.2, 0.25) is 0 Å². The number of amides is 1. The Hall–Kier alpha value is -1.55. The molecule has 5 N–H and O–H groups in total. The van der Waals surface area contributed by atoms with Crippen LogP contribution in [0, 0.1) is 0 Å². The molecular weight excluding hydrogens is 232 g/mol. The van der Waals surface area contributed by atoms with E-state index in [9.17, 15) is 15.0 Å². The summed E-state index contributed by atoms with van der Waals surface area (Å²) in [5.74, 6) is -1.03. The van der Waals surface area contributed by atoms with E-state index in [2.05, 4.69) is 10.1 Å². The van der Waals surface area contributed by atoms with E-state index in [1.54, 1.807) is 0 Å². The number of hydrogen-bond donors (Lipinski definition) is 4. The van der Waals surface area contributed by atoms with Gasteiger partial charge in [0.25, 0.3) is 5.91 Å². The second kappa shape index (κ2) is 4.37. The Kier molecular flexibility index (Phi) is 3.07. The number of primary amides is 1. The Bertz CT molecular complexity index is 422. The molecule has 1 aliphatic rings. The van der Waals surface area contributed by atoms with Crippen LogP contribution in [0.15, 0.2) is 6.33 Å². The van der Waals surface area contributed by atoms with Gasteiger partial charge >= 0.3 is 0 Å². The van der Waals surface area contributed by atoms with E-state index in [0.717, 1.165) is 11.0 Å². The first-order chi connectivity index (χ1) is 8.04. The maximum Gasteiger partial charge on any atom is 0.288 e. The number of rotatable bonds is 3. The van der Waals surface area contributed by atoms with Crippen LogP contribution >= 0.6 is 0 Å². The van der Waals surface area contributed by atoms with Gasteiger partial charge in [-0.1, -0.05) is 0 Å². The summed E-state index contributed by atoms with van der Waals surface area (Å²) in [7, 11) is 0. The van der Waals surface area contributed by atoms with Crippen molar-refractivity contribution in [2.45, 2.75) is 24.5 Å². The molecule has 0 aromatic carbocycles. The number of aliphatic hydroxyl groups is 3. The van der Waals surface area contributed by atoms with Crippen molar-refractivity contribution < 1.29 is 24.9 Å². The van der Waals surface area contributed by atoms with E-state index in [4.69, 9.17) is 15.6 Å². The van der Waals surface area contributed by atoms with Crippen molar-refractivity contribution >= 4 is 5.91 Å². The predicted octanol–water partition coefficient (Wildman–Crippen LogP) is -3.01. The molecule has 1 fully saturated rings. The normalized spacial score (nSPS) is 32.9. The lowest BCUT2D eigenvalue weighted by atomic mass is 10.1. The first-order valence-corrected chi connectivity index (χ1v) is 4.88. The highest BCUT2D eigenvalue weighted by molar-refractivity contribution is 5.88. The maximum absolute atomic E-state index is 10.8. The largest absolute Gasteiger partial charge is 0.394 e. The van der Waals surface area contributed by atoms with Crippen molar-refractivity contribution in [2.24, 2.45) is 5.73 Å². The summed E-state index contributed by atoms with van der Waals surface area (Å²) in [6, 6.07) is 0. The number of nitrogens with zero attached hydrogens (tertiary/aromatic N) is 3. The number of aliphatic hydroxyl groups excluding tert-OH is 3. The Balaban J connectivity index is 2.19. The third kappa shape index (κ3) is 2.00. The summed E-state index contributed by atoms with van der Waals surface area (Å²) in [5.41, 5.74) is 4.97. The van der Waals surface area contributed by atoms with Gasteiger partial charge in [-0.05, 0) is 0 Å². The van der Waals surface area contributed by atoms with Crippen LogP contribution in [0.5, 0.6) is 0 Å². The third-order valence-corrected chi connectivity index (χ3v) is 2.51. The fourth-order valence-electron chi connectivity index (χ4n) is 1.61. The number of ether oxygens (including phenoxy) is 1. The van der Waals surface area contributed by atoms with Gasteiger partial charge in [0.2, 0.25) is 5.82 Å². The van der Waals surface area contributed by atoms with E-state index in [1.807, 2.05) is 0 Å². The molecule has 0 radical (unpaired) electrons. The third-order valence-electron chi connectivity index (χ3n) is 2.51. The van der Waals surface area contributed by atoms with Crippen molar-refractivity contribution in [3.63, 3.8) is 0 Å². The molecule has 1 aliphatic heterocycles. The number of carbonyl (C=O) groups is 1. The molecule has 9 heteroatoms. The highest BCUT2D eigenvalue weighted by Gasteiger charge is 2.43. The quantitative estimate of drug-likeness (QED) is 0.443. The van der Waals surface area contributed by atoms with Crippen LogP contribution < -0.4 is 5.73 Å². The average Bonchev–Trinajstić information content (AvgIpc) is 2.87. The molecule has 2 rings (SSSR count). The van der Waals surface area contributed by atoms with Gasteiger partial charge in [0.05, 0.1) is 6.61 Å². The minimum atomic E-state index is -1.27. The van der Waals surface area contributed by atoms with Gasteiger partial charge in [-0.25, -0.2) is 9.67 Å². The van der Waals surface area contributed by atoms with Crippen LogP contribution in [0.3, 0.4) is 0 Å². The standard InChI is InChI=1S/C8H12N4O5/c9-6(16)7-10-2-12(11-7)8-5(15)4(14)3(1-13)17-8/h2-5,8,13-15H,1H2,(H2,9,16)/t3?,4-,5-,8?/m1/s1. The number of carbonyl (C=O) groups excluding carboxylic acids is 1. The molecule has 9 nitrogen and oxygen atoms in total. The molecule has 1 aromatic heterocycles. The molecule has 4 atom stereocenters. The van der Waals surface area contributed by atoms with Crippen molar-refractivity contribution in [2.75, 3.05) is 6.61 Å². The Morgan fingerprint density at radius 1 is 1.53 bits per heavy atom. The summed E-state index contributed by atoms with van der Waals surface area (Å²) in [6.45, 7) is -0.438. The van der Waals surface area contributed by atoms with Gasteiger partial charge < -0.3 is 25.8 Å². The van der Waals surface area contributed by atoms with Gasteiger partial charge in [-0.15, -0.1) is 5.10 Å². The summed E-state index contributed by atoms with van der Waals surface area (Å²) < 4.78 is 6.25. The summed E-state index contributed by atoms with van der Waals surface area (Å²) >= 11 is 0. The Labute approximate surface area is 95.4 Å². The maximum atomic E-state index is 10.8. The fourth-order valence-corrected chi connectivity index (χ4v) is 1.61. The van der Waals surface area contributed by atoms with Crippen LogP contribution in [0.4, 0.5) is 0 Å². The minimum absolute atomic E-state index is 0.220. The number of hydrogen-bond acceptors (Lipinski definition) is 7. The van der Waals surface area contributed by atoms with Gasteiger partial charge in [0, 0.05) is 0 Å². The molecule has 1 amide bonds. The van der Waals surface area contributed by atoms with E-state index in [0.29, 0.717) is 0 Å². The second-order valence-electron chi connectivity index (χ2n) is 3.64. The van der Waals surface area contributed by atoms with Crippen LogP contribution in [-0.4, -0.2) is 60.9 Å². The molecular formula is C8H12N4O5. The van der Waals surface area contributed by atoms with Gasteiger partial charge in [0.1, 0.15) is 24.6 Å². The van der Waals surface area contributed by atoms with Crippen LogP contribution in [-0.2, 0) is 4.74 Å². The van der Waals surface area contributed by atoms with E-state index in [-0.39, 0.29) is 5.82 Å². The smallest absolute Gasteiger partial charge is 0.288 e. The monoisotopic (exact) mass is 244 g/mol. The van der Waals surface area contributed by atoms with Gasteiger partial charge in [-0.3, -0.25) is 4.79 Å². The van der Waals surface area contributed by atoms with Crippen molar-refractivity contribution in [1.82, 2.24) is 14.8 Å².